The summed E-state index contributed by atoms with van der Waals surface area (Å²) in [6.07, 6.45) is 0. The fourth-order valence-corrected chi connectivity index (χ4v) is 2.33. The van der Waals surface area contributed by atoms with Crippen molar-refractivity contribution in [2.75, 3.05) is 37.6 Å². The summed E-state index contributed by atoms with van der Waals surface area (Å²) in [6, 6.07) is 7.69. The number of nitriles is 1. The van der Waals surface area contributed by atoms with Gasteiger partial charge in [0.15, 0.2) is 0 Å². The van der Waals surface area contributed by atoms with E-state index in [-0.39, 0.29) is 0 Å². The Morgan fingerprint density at radius 2 is 2.00 bits per heavy atom. The van der Waals surface area contributed by atoms with Crippen molar-refractivity contribution in [1.29, 1.82) is 5.26 Å². The fraction of sp³-hybridized carbons (Fsp3) is 0.462. The van der Waals surface area contributed by atoms with E-state index in [4.69, 9.17) is 16.9 Å². The fourth-order valence-electron chi connectivity index (χ4n) is 2.17. The highest BCUT2D eigenvalue weighted by atomic mass is 35.5. The molecule has 2 rings (SSSR count). The van der Waals surface area contributed by atoms with Crippen LogP contribution < -0.4 is 4.90 Å². The lowest BCUT2D eigenvalue weighted by molar-refractivity contribution is 0.271. The van der Waals surface area contributed by atoms with E-state index < -0.39 is 0 Å². The average molecular weight is 250 g/mol. The van der Waals surface area contributed by atoms with Crippen LogP contribution in [0, 0.1) is 11.3 Å². The normalized spacial score (nSPS) is 16.9. The molecule has 0 saturated carbocycles. The van der Waals surface area contributed by atoms with Crippen LogP contribution in [0.2, 0.25) is 5.02 Å². The van der Waals surface area contributed by atoms with E-state index in [1.165, 1.54) is 0 Å². The highest BCUT2D eigenvalue weighted by Gasteiger charge is 2.18. The molecule has 1 heterocycles. The molecule has 17 heavy (non-hydrogen) atoms. The van der Waals surface area contributed by atoms with Crippen molar-refractivity contribution < 1.29 is 0 Å². The maximum atomic E-state index is 9.11. The maximum Gasteiger partial charge on any atom is 0.101 e. The van der Waals surface area contributed by atoms with Gasteiger partial charge in [-0.1, -0.05) is 18.5 Å². The molecule has 1 aromatic rings. The molecule has 1 aliphatic rings. The van der Waals surface area contributed by atoms with Gasteiger partial charge in [0, 0.05) is 31.2 Å². The monoisotopic (exact) mass is 249 g/mol. The second-order valence-corrected chi connectivity index (χ2v) is 4.63. The Morgan fingerprint density at radius 3 is 2.59 bits per heavy atom. The number of hydrogen-bond acceptors (Lipinski definition) is 3. The second-order valence-electron chi connectivity index (χ2n) is 4.19. The van der Waals surface area contributed by atoms with Crippen molar-refractivity contribution >= 4 is 17.3 Å². The highest BCUT2D eigenvalue weighted by molar-refractivity contribution is 6.30. The molecule has 90 valence electrons. The van der Waals surface area contributed by atoms with Crippen LogP contribution in [0.5, 0.6) is 0 Å². The van der Waals surface area contributed by atoms with Gasteiger partial charge in [0.25, 0.3) is 0 Å². The first-order chi connectivity index (χ1) is 8.24. The van der Waals surface area contributed by atoms with E-state index in [0.29, 0.717) is 10.6 Å². The Kier molecular flexibility index (Phi) is 3.88. The van der Waals surface area contributed by atoms with E-state index >= 15 is 0 Å². The van der Waals surface area contributed by atoms with Gasteiger partial charge in [-0.2, -0.15) is 5.26 Å². The van der Waals surface area contributed by atoms with Crippen LogP contribution in [0.15, 0.2) is 18.2 Å². The van der Waals surface area contributed by atoms with Crippen molar-refractivity contribution in [2.24, 2.45) is 0 Å². The Hall–Kier alpha value is -1.24. The van der Waals surface area contributed by atoms with Gasteiger partial charge in [0.05, 0.1) is 11.3 Å². The molecule has 1 saturated heterocycles. The molecule has 1 aromatic carbocycles. The third-order valence-electron chi connectivity index (χ3n) is 3.24. The zero-order valence-corrected chi connectivity index (χ0v) is 10.7. The number of nitrogens with zero attached hydrogens (tertiary/aromatic N) is 3. The minimum absolute atomic E-state index is 0.692. The van der Waals surface area contributed by atoms with Gasteiger partial charge in [-0.05, 0) is 24.7 Å². The molecule has 0 bridgehead atoms. The summed E-state index contributed by atoms with van der Waals surface area (Å²) in [4.78, 5) is 4.66. The predicted octanol–water partition coefficient (Wildman–Crippen LogP) is 2.35. The third-order valence-corrected chi connectivity index (χ3v) is 3.48. The van der Waals surface area contributed by atoms with Gasteiger partial charge in [0.2, 0.25) is 0 Å². The molecule has 0 unspecified atom stereocenters. The average Bonchev–Trinajstić information content (AvgIpc) is 2.39. The van der Waals surface area contributed by atoms with Gasteiger partial charge in [0.1, 0.15) is 6.07 Å². The molecule has 4 heteroatoms. The van der Waals surface area contributed by atoms with Crippen LogP contribution in [0.3, 0.4) is 0 Å². The number of anilines is 1. The van der Waals surface area contributed by atoms with Crippen LogP contribution >= 0.6 is 11.6 Å². The van der Waals surface area contributed by atoms with Gasteiger partial charge in [-0.15, -0.1) is 0 Å². The summed E-state index contributed by atoms with van der Waals surface area (Å²) in [5.74, 6) is 0. The Balaban J connectivity index is 2.18. The van der Waals surface area contributed by atoms with E-state index in [9.17, 15) is 0 Å². The molecule has 0 aromatic heterocycles. The first-order valence-corrected chi connectivity index (χ1v) is 6.29. The number of benzene rings is 1. The molecule has 0 radical (unpaired) electrons. The van der Waals surface area contributed by atoms with Crippen molar-refractivity contribution in [3.63, 3.8) is 0 Å². The first-order valence-electron chi connectivity index (χ1n) is 5.91. The van der Waals surface area contributed by atoms with E-state index in [1.54, 1.807) is 12.1 Å². The van der Waals surface area contributed by atoms with Gasteiger partial charge < -0.3 is 9.80 Å². The molecule has 0 N–H and O–H groups in total. The van der Waals surface area contributed by atoms with Crippen molar-refractivity contribution in [3.05, 3.63) is 28.8 Å². The van der Waals surface area contributed by atoms with Gasteiger partial charge in [-0.25, -0.2) is 0 Å². The highest BCUT2D eigenvalue weighted by Crippen LogP contribution is 2.25. The Labute approximate surface area is 107 Å². The van der Waals surface area contributed by atoms with Crippen LogP contribution in [0.1, 0.15) is 12.5 Å². The molecule has 1 aliphatic heterocycles. The lowest BCUT2D eigenvalue weighted by Gasteiger charge is -2.35. The van der Waals surface area contributed by atoms with Crippen molar-refractivity contribution in [2.45, 2.75) is 6.92 Å². The van der Waals surface area contributed by atoms with Crippen molar-refractivity contribution in [3.8, 4) is 6.07 Å². The number of hydrogen-bond donors (Lipinski definition) is 0. The zero-order chi connectivity index (χ0) is 12.3. The summed E-state index contributed by atoms with van der Waals surface area (Å²) in [5, 5.41) is 9.80. The number of halogens is 1. The smallest absolute Gasteiger partial charge is 0.101 e. The summed E-state index contributed by atoms with van der Waals surface area (Å²) >= 11 is 6.00. The van der Waals surface area contributed by atoms with Crippen LogP contribution in [-0.2, 0) is 0 Å². The van der Waals surface area contributed by atoms with Crippen molar-refractivity contribution in [1.82, 2.24) is 4.90 Å². The molecule has 0 spiro atoms. The quantitative estimate of drug-likeness (QED) is 0.806. The minimum atomic E-state index is 0.692. The Bertz CT molecular complexity index is 431. The lowest BCUT2D eigenvalue weighted by atomic mass is 10.1. The lowest BCUT2D eigenvalue weighted by Crippen LogP contribution is -2.46. The third kappa shape index (κ3) is 2.71. The largest absolute Gasteiger partial charge is 0.368 e. The Morgan fingerprint density at radius 1 is 1.29 bits per heavy atom. The molecule has 1 fully saturated rings. The summed E-state index contributed by atoms with van der Waals surface area (Å²) in [7, 11) is 0. The predicted molar refractivity (Wildman–Crippen MR) is 70.5 cm³/mol. The molecular weight excluding hydrogens is 234 g/mol. The molecule has 0 amide bonds. The number of likely N-dealkylation sites (N-methyl/N-ethyl adjacent to an activating group) is 1. The SMILES string of the molecule is CCN1CCN(c2cc(Cl)ccc2C#N)CC1. The van der Waals surface area contributed by atoms with Crippen LogP contribution in [0.4, 0.5) is 5.69 Å². The topological polar surface area (TPSA) is 30.3 Å². The first kappa shape index (κ1) is 12.2. The number of rotatable bonds is 2. The zero-order valence-electron chi connectivity index (χ0n) is 9.99. The summed E-state index contributed by atoms with van der Waals surface area (Å²) < 4.78 is 0. The van der Waals surface area contributed by atoms with Crippen LogP contribution in [0.25, 0.3) is 0 Å². The standard InChI is InChI=1S/C13H16ClN3/c1-2-16-5-7-17(8-6-16)13-9-12(14)4-3-11(13)10-15/h3-4,9H,2,5-8H2,1H3. The molecule has 0 atom stereocenters. The molecule has 0 aliphatic carbocycles. The van der Waals surface area contributed by atoms with Gasteiger partial charge >= 0.3 is 0 Å². The maximum absolute atomic E-state index is 9.11. The molecular formula is C13H16ClN3. The van der Waals surface area contributed by atoms with E-state index in [1.807, 2.05) is 6.07 Å². The minimum Gasteiger partial charge on any atom is -0.368 e. The number of piperazine rings is 1. The van der Waals surface area contributed by atoms with Gasteiger partial charge in [-0.3, -0.25) is 0 Å². The molecule has 3 nitrogen and oxygen atoms in total. The summed E-state index contributed by atoms with van der Waals surface area (Å²) in [6.45, 7) is 7.29. The van der Waals surface area contributed by atoms with Crippen LogP contribution in [-0.4, -0.2) is 37.6 Å². The van der Waals surface area contributed by atoms with E-state index in [0.717, 1.165) is 38.4 Å². The second kappa shape index (κ2) is 5.39. The summed E-state index contributed by atoms with van der Waals surface area (Å²) in [5.41, 5.74) is 1.68. The van der Waals surface area contributed by atoms with E-state index in [2.05, 4.69) is 22.8 Å².